The van der Waals surface area contributed by atoms with Gasteiger partial charge in [-0.3, -0.25) is 13.9 Å². The molecule has 0 fully saturated rings. The molecule has 0 aliphatic rings. The van der Waals surface area contributed by atoms with Crippen molar-refractivity contribution in [2.24, 2.45) is 19.2 Å². The summed E-state index contributed by atoms with van der Waals surface area (Å²) in [5.74, 6) is 1.42. The van der Waals surface area contributed by atoms with Crippen LogP contribution >= 0.6 is 15.9 Å². The fraction of sp³-hybridized carbons (Fsp3) is 0.231. The predicted molar refractivity (Wildman–Crippen MR) is 150 cm³/mol. The quantitative estimate of drug-likeness (QED) is 0.217. The lowest BCUT2D eigenvalue weighted by molar-refractivity contribution is 0.0938. The molecule has 0 aliphatic heterocycles. The van der Waals surface area contributed by atoms with Gasteiger partial charge in [-0.1, -0.05) is 30.3 Å². The SMILES string of the molecule is COc1ccc(OCC(O)Cn2c(NN=CC(Br)=Cc3ccccc3)nc3c2c(=O)n(C)c(=O)n3C)cc1. The number of hydrogen-bond acceptors (Lipinski definition) is 8. The van der Waals surface area contributed by atoms with Crippen molar-refractivity contribution in [3.05, 3.63) is 85.5 Å². The summed E-state index contributed by atoms with van der Waals surface area (Å²) in [4.78, 5) is 29.9. The second-order valence-electron chi connectivity index (χ2n) is 8.37. The second-order valence-corrected chi connectivity index (χ2v) is 9.29. The number of benzene rings is 2. The third-order valence-electron chi connectivity index (χ3n) is 5.70. The minimum absolute atomic E-state index is 0.0427. The number of nitrogens with one attached hydrogen (secondary N) is 1. The molecule has 0 bridgehead atoms. The molecule has 0 saturated heterocycles. The Labute approximate surface area is 226 Å². The van der Waals surface area contributed by atoms with Crippen molar-refractivity contribution in [1.29, 1.82) is 0 Å². The standard InChI is InChI=1S/C26H27BrN6O5/c1-31-23-22(24(35)32(2)26(31)36)33(15-19(34)16-38-21-11-9-20(37-3)10-12-21)25(29-23)30-28-14-18(27)13-17-7-5-4-6-8-17/h4-14,19,34H,15-16H2,1-3H3,(H,29,30). The van der Waals surface area contributed by atoms with Gasteiger partial charge in [0.2, 0.25) is 5.95 Å². The lowest BCUT2D eigenvalue weighted by atomic mass is 10.2. The molecule has 2 aromatic carbocycles. The zero-order valence-corrected chi connectivity index (χ0v) is 22.6. The number of allylic oxidation sites excluding steroid dienone is 1. The van der Waals surface area contributed by atoms with Crippen LogP contribution in [0.4, 0.5) is 5.95 Å². The van der Waals surface area contributed by atoms with Gasteiger partial charge in [0.1, 0.15) is 24.2 Å². The molecule has 0 radical (unpaired) electrons. The molecule has 0 amide bonds. The Bertz CT molecular complexity index is 1590. The van der Waals surface area contributed by atoms with Gasteiger partial charge < -0.3 is 19.1 Å². The van der Waals surface area contributed by atoms with Crippen LogP contribution in [0.3, 0.4) is 0 Å². The molecule has 12 heteroatoms. The summed E-state index contributed by atoms with van der Waals surface area (Å²) >= 11 is 3.46. The van der Waals surface area contributed by atoms with E-state index in [1.807, 2.05) is 36.4 Å². The van der Waals surface area contributed by atoms with Crippen molar-refractivity contribution >= 4 is 45.3 Å². The van der Waals surface area contributed by atoms with E-state index in [2.05, 4.69) is 31.4 Å². The van der Waals surface area contributed by atoms with Crippen molar-refractivity contribution in [2.75, 3.05) is 19.1 Å². The average Bonchev–Trinajstić information content (AvgIpc) is 3.28. The molecule has 4 rings (SSSR count). The molecule has 198 valence electrons. The zero-order valence-electron chi connectivity index (χ0n) is 21.0. The average molecular weight is 583 g/mol. The van der Waals surface area contributed by atoms with Crippen LogP contribution in [0.25, 0.3) is 17.2 Å². The first-order chi connectivity index (χ1) is 18.3. The molecule has 0 spiro atoms. The molecule has 4 aromatic rings. The van der Waals surface area contributed by atoms with E-state index >= 15 is 0 Å². The van der Waals surface area contributed by atoms with Crippen LogP contribution in [-0.4, -0.2) is 49.8 Å². The van der Waals surface area contributed by atoms with E-state index in [0.717, 1.165) is 10.1 Å². The monoisotopic (exact) mass is 582 g/mol. The molecule has 2 heterocycles. The first kappa shape index (κ1) is 26.9. The van der Waals surface area contributed by atoms with E-state index in [1.54, 1.807) is 31.4 Å². The van der Waals surface area contributed by atoms with E-state index in [0.29, 0.717) is 16.0 Å². The number of fused-ring (bicyclic) bond motifs is 1. The maximum absolute atomic E-state index is 13.0. The van der Waals surface area contributed by atoms with Gasteiger partial charge in [0, 0.05) is 18.6 Å². The number of methoxy groups -OCH3 is 1. The third-order valence-corrected chi connectivity index (χ3v) is 6.13. The van der Waals surface area contributed by atoms with Gasteiger partial charge in [-0.05, 0) is 51.8 Å². The second kappa shape index (κ2) is 11.9. The van der Waals surface area contributed by atoms with Crippen LogP contribution < -0.4 is 26.1 Å². The van der Waals surface area contributed by atoms with Crippen molar-refractivity contribution in [1.82, 2.24) is 18.7 Å². The van der Waals surface area contributed by atoms with Gasteiger partial charge in [0.25, 0.3) is 5.56 Å². The number of imidazole rings is 1. The number of anilines is 1. The van der Waals surface area contributed by atoms with Crippen LogP contribution in [0.1, 0.15) is 5.56 Å². The highest BCUT2D eigenvalue weighted by atomic mass is 79.9. The van der Waals surface area contributed by atoms with Gasteiger partial charge in [0.15, 0.2) is 11.2 Å². The maximum Gasteiger partial charge on any atom is 0.332 e. The lowest BCUT2D eigenvalue weighted by Gasteiger charge is -2.15. The van der Waals surface area contributed by atoms with Crippen LogP contribution in [0.5, 0.6) is 11.5 Å². The molecule has 38 heavy (non-hydrogen) atoms. The maximum atomic E-state index is 13.0. The van der Waals surface area contributed by atoms with Crippen molar-refractivity contribution in [2.45, 2.75) is 12.6 Å². The van der Waals surface area contributed by atoms with E-state index < -0.39 is 17.4 Å². The molecule has 1 atom stereocenters. The Morgan fingerprint density at radius 2 is 1.79 bits per heavy atom. The molecule has 11 nitrogen and oxygen atoms in total. The van der Waals surface area contributed by atoms with Gasteiger partial charge in [0.05, 0.1) is 19.9 Å². The van der Waals surface area contributed by atoms with Crippen LogP contribution in [0.2, 0.25) is 0 Å². The van der Waals surface area contributed by atoms with Crippen molar-refractivity contribution in [3.8, 4) is 11.5 Å². The number of hydrazone groups is 1. The summed E-state index contributed by atoms with van der Waals surface area (Å²) in [7, 11) is 4.49. The van der Waals surface area contributed by atoms with E-state index in [9.17, 15) is 14.7 Å². The van der Waals surface area contributed by atoms with E-state index in [-0.39, 0.29) is 30.3 Å². The summed E-state index contributed by atoms with van der Waals surface area (Å²) in [6, 6.07) is 16.6. The van der Waals surface area contributed by atoms with Crippen LogP contribution in [0.15, 0.2) is 73.8 Å². The molecule has 2 aromatic heterocycles. The number of aliphatic hydroxyl groups is 1. The Balaban J connectivity index is 1.60. The number of aryl methyl sites for hydroxylation is 1. The van der Waals surface area contributed by atoms with Crippen LogP contribution in [0, 0.1) is 0 Å². The highest BCUT2D eigenvalue weighted by Gasteiger charge is 2.21. The number of aliphatic hydroxyl groups excluding tert-OH is 1. The minimum atomic E-state index is -1.01. The van der Waals surface area contributed by atoms with E-state index in [4.69, 9.17) is 9.47 Å². The highest BCUT2D eigenvalue weighted by molar-refractivity contribution is 9.12. The van der Waals surface area contributed by atoms with Gasteiger partial charge in [-0.2, -0.15) is 10.1 Å². The normalized spacial score (nSPS) is 12.7. The number of rotatable bonds is 10. The van der Waals surface area contributed by atoms with Gasteiger partial charge in [-0.25, -0.2) is 10.2 Å². The predicted octanol–water partition coefficient (Wildman–Crippen LogP) is 2.72. The Kier molecular flexibility index (Phi) is 8.44. The molecule has 1 unspecified atom stereocenters. The first-order valence-electron chi connectivity index (χ1n) is 11.6. The number of hydrogen-bond donors (Lipinski definition) is 2. The number of halogens is 1. The largest absolute Gasteiger partial charge is 0.497 e. The fourth-order valence-electron chi connectivity index (χ4n) is 3.73. The van der Waals surface area contributed by atoms with Gasteiger partial charge >= 0.3 is 5.69 Å². The lowest BCUT2D eigenvalue weighted by Crippen LogP contribution is -2.38. The van der Waals surface area contributed by atoms with Crippen molar-refractivity contribution in [3.63, 3.8) is 0 Å². The third kappa shape index (κ3) is 6.03. The zero-order chi connectivity index (χ0) is 27.2. The number of aromatic nitrogens is 4. The minimum Gasteiger partial charge on any atom is -0.497 e. The van der Waals surface area contributed by atoms with Gasteiger partial charge in [-0.15, -0.1) is 0 Å². The first-order valence-corrected chi connectivity index (χ1v) is 12.4. The van der Waals surface area contributed by atoms with Crippen molar-refractivity contribution < 1.29 is 14.6 Å². The topological polar surface area (TPSA) is 125 Å². The highest BCUT2D eigenvalue weighted by Crippen LogP contribution is 2.19. The summed E-state index contributed by atoms with van der Waals surface area (Å²) < 4.78 is 15.3. The number of nitrogens with zero attached hydrogens (tertiary/aromatic N) is 5. The molecule has 2 N–H and O–H groups in total. The Hall–Kier alpha value is -4.16. The smallest absolute Gasteiger partial charge is 0.332 e. The van der Waals surface area contributed by atoms with Crippen LogP contribution in [-0.2, 0) is 20.6 Å². The Morgan fingerprint density at radius 1 is 1.11 bits per heavy atom. The summed E-state index contributed by atoms with van der Waals surface area (Å²) in [6.07, 6.45) is 2.41. The molecular formula is C26H27BrN6O5. The molecule has 0 saturated carbocycles. The Morgan fingerprint density at radius 3 is 2.47 bits per heavy atom. The fourth-order valence-corrected chi connectivity index (χ4v) is 4.10. The molecule has 0 aliphatic carbocycles. The molecular weight excluding hydrogens is 556 g/mol. The summed E-state index contributed by atoms with van der Waals surface area (Å²) in [6.45, 7) is -0.0921. The summed E-state index contributed by atoms with van der Waals surface area (Å²) in [5, 5.41) is 15.0. The summed E-state index contributed by atoms with van der Waals surface area (Å²) in [5.41, 5.74) is 3.07. The van der Waals surface area contributed by atoms with E-state index in [1.165, 1.54) is 29.4 Å². The number of ether oxygens (including phenoxy) is 2.